The Labute approximate surface area is 517 Å². The van der Waals surface area contributed by atoms with E-state index < -0.39 is 46.5 Å². The SMILES string of the molecule is CC(C)(C)c1cccc(C(F)(F)F)c1.CC(C)(C)c1cccc(C(F)(F)F)c1F.CC(C)(C)c1cccc(CCO)c1.CNCc1ccccc1-c1ccc(C(C)(C)C)s1.Cc1cc(C(C)(C)C)cc(C(F)(F)F)c1.Cc1cccc(C(C)(C)C)c1F. The Hall–Kier alpha value is -5.83. The molecule has 6 aromatic carbocycles. The summed E-state index contributed by atoms with van der Waals surface area (Å²) >= 11 is 1.91. The first-order valence-corrected chi connectivity index (χ1v) is 29.8. The summed E-state index contributed by atoms with van der Waals surface area (Å²) in [6.45, 7) is 40.5. The van der Waals surface area contributed by atoms with Crippen molar-refractivity contribution in [2.45, 2.75) is 202 Å². The Bertz CT molecular complexity index is 3140. The Morgan fingerprint density at radius 3 is 1.29 bits per heavy atom. The van der Waals surface area contributed by atoms with Gasteiger partial charge in [-0.25, -0.2) is 8.78 Å². The highest BCUT2D eigenvalue weighted by Gasteiger charge is 2.37. The van der Waals surface area contributed by atoms with E-state index in [1.54, 1.807) is 52.8 Å². The molecule has 0 spiro atoms. The van der Waals surface area contributed by atoms with Crippen LogP contribution in [0.1, 0.15) is 196 Å². The van der Waals surface area contributed by atoms with Crippen molar-refractivity contribution in [1.82, 2.24) is 5.32 Å². The molecule has 0 saturated carbocycles. The van der Waals surface area contributed by atoms with Crippen LogP contribution in [-0.2, 0) is 64.0 Å². The molecule has 7 aromatic rings. The van der Waals surface area contributed by atoms with Crippen LogP contribution < -0.4 is 5.32 Å². The Balaban J connectivity index is 0.000000358. The molecule has 0 fully saturated rings. The average Bonchev–Trinajstić information content (AvgIpc) is 1.22. The number of hydrogen-bond donors (Lipinski definition) is 2. The first-order valence-electron chi connectivity index (χ1n) is 29.0. The normalized spacial score (nSPS) is 12.4. The summed E-state index contributed by atoms with van der Waals surface area (Å²) in [7, 11) is 1.99. The van der Waals surface area contributed by atoms with Crippen molar-refractivity contribution < 1.29 is 53.4 Å². The second-order valence-corrected chi connectivity index (χ2v) is 28.9. The lowest BCUT2D eigenvalue weighted by Gasteiger charge is -2.21. The molecule has 14 heteroatoms. The number of aryl methyl sites for hydroxylation is 2. The van der Waals surface area contributed by atoms with Crippen LogP contribution in [-0.4, -0.2) is 18.8 Å². The van der Waals surface area contributed by atoms with Crippen LogP contribution in [0.5, 0.6) is 0 Å². The molecule has 480 valence electrons. The summed E-state index contributed by atoms with van der Waals surface area (Å²) in [4.78, 5) is 2.81. The Morgan fingerprint density at radius 2 is 0.839 bits per heavy atom. The van der Waals surface area contributed by atoms with Crippen LogP contribution >= 0.6 is 11.3 Å². The molecule has 2 N–H and O–H groups in total. The maximum absolute atomic E-state index is 13.5. The third kappa shape index (κ3) is 25.7. The summed E-state index contributed by atoms with van der Waals surface area (Å²) in [5, 5.41) is 12.0. The molecule has 0 bridgehead atoms. The van der Waals surface area contributed by atoms with E-state index in [2.05, 4.69) is 108 Å². The second-order valence-electron chi connectivity index (χ2n) is 27.8. The van der Waals surface area contributed by atoms with Crippen molar-refractivity contribution in [3.05, 3.63) is 223 Å². The molecule has 0 atom stereocenters. The predicted octanol–water partition coefficient (Wildman–Crippen LogP) is 22.8. The fourth-order valence-corrected chi connectivity index (χ4v) is 9.54. The monoisotopic (exact) mass is 1240 g/mol. The van der Waals surface area contributed by atoms with E-state index in [0.29, 0.717) is 11.1 Å². The van der Waals surface area contributed by atoms with Gasteiger partial charge in [0.25, 0.3) is 0 Å². The van der Waals surface area contributed by atoms with Gasteiger partial charge in [0, 0.05) is 22.9 Å². The van der Waals surface area contributed by atoms with E-state index in [1.807, 2.05) is 92.8 Å². The van der Waals surface area contributed by atoms with Crippen molar-refractivity contribution in [3.8, 4) is 10.4 Å². The van der Waals surface area contributed by atoms with Gasteiger partial charge in [-0.2, -0.15) is 39.5 Å². The maximum Gasteiger partial charge on any atom is 0.419 e. The number of aliphatic hydroxyl groups excluding tert-OH is 1. The van der Waals surface area contributed by atoms with Gasteiger partial charge in [-0.05, 0) is 146 Å². The number of aliphatic hydroxyl groups is 1. The molecular formula is C73H94F11NOS. The van der Waals surface area contributed by atoms with Crippen LogP contribution in [0.4, 0.5) is 48.3 Å². The van der Waals surface area contributed by atoms with E-state index in [9.17, 15) is 48.3 Å². The predicted molar refractivity (Wildman–Crippen MR) is 342 cm³/mol. The number of alkyl halides is 9. The highest BCUT2D eigenvalue weighted by atomic mass is 32.1. The van der Waals surface area contributed by atoms with Crippen LogP contribution in [0, 0.1) is 25.5 Å². The van der Waals surface area contributed by atoms with Crippen LogP contribution in [0.15, 0.2) is 140 Å². The topological polar surface area (TPSA) is 32.3 Å². The smallest absolute Gasteiger partial charge is 0.396 e. The van der Waals surface area contributed by atoms with E-state index in [-0.39, 0.29) is 45.1 Å². The summed E-state index contributed by atoms with van der Waals surface area (Å²) in [6.07, 6.45) is -12.4. The summed E-state index contributed by atoms with van der Waals surface area (Å²) in [5.74, 6) is -1.23. The molecule has 0 amide bonds. The number of benzene rings is 6. The fraction of sp³-hybridized carbons (Fsp3) is 0.452. The number of thiophene rings is 1. The van der Waals surface area contributed by atoms with Crippen LogP contribution in [0.3, 0.4) is 0 Å². The van der Waals surface area contributed by atoms with Crippen molar-refractivity contribution in [1.29, 1.82) is 0 Å². The number of rotatable bonds is 5. The van der Waals surface area contributed by atoms with Gasteiger partial charge in [0.2, 0.25) is 0 Å². The van der Waals surface area contributed by atoms with Gasteiger partial charge in [-0.3, -0.25) is 0 Å². The number of nitrogens with one attached hydrogen (secondary N) is 1. The third-order valence-electron chi connectivity index (χ3n) is 13.6. The molecule has 0 unspecified atom stereocenters. The van der Waals surface area contributed by atoms with Gasteiger partial charge in [0.05, 0.1) is 16.7 Å². The summed E-state index contributed by atoms with van der Waals surface area (Å²) in [6, 6.07) is 40.2. The quantitative estimate of drug-likeness (QED) is 0.168. The second kappa shape index (κ2) is 31.1. The van der Waals surface area contributed by atoms with Gasteiger partial charge in [-0.1, -0.05) is 233 Å². The zero-order chi connectivity index (χ0) is 67.1. The lowest BCUT2D eigenvalue weighted by Crippen LogP contribution is -2.17. The van der Waals surface area contributed by atoms with Crippen molar-refractivity contribution in [3.63, 3.8) is 0 Å². The van der Waals surface area contributed by atoms with Crippen molar-refractivity contribution in [2.24, 2.45) is 0 Å². The highest BCUT2D eigenvalue weighted by molar-refractivity contribution is 7.15. The van der Waals surface area contributed by atoms with E-state index in [1.165, 1.54) is 68.4 Å². The van der Waals surface area contributed by atoms with Gasteiger partial charge >= 0.3 is 18.5 Å². The fourth-order valence-electron chi connectivity index (χ4n) is 8.41. The van der Waals surface area contributed by atoms with Crippen molar-refractivity contribution in [2.75, 3.05) is 13.7 Å². The van der Waals surface area contributed by atoms with Crippen molar-refractivity contribution >= 4 is 11.3 Å². The highest BCUT2D eigenvalue weighted by Crippen LogP contribution is 2.39. The molecular weight excluding hydrogens is 1150 g/mol. The largest absolute Gasteiger partial charge is 0.419 e. The lowest BCUT2D eigenvalue weighted by molar-refractivity contribution is -0.140. The maximum atomic E-state index is 13.5. The molecule has 0 aliphatic carbocycles. The standard InChI is InChI=1S/C16H21NS.C12H15F3.C12H18O.C11H12F4.C11H13F3.C11H15F/c1-16(2,3)15-10-9-14(18-15)13-8-6-5-7-12(13)11-17-4;1-8-5-9(11(2,3)4)7-10(6-8)12(13,14)15;1-12(2,3)11-6-4-5-10(9-11)7-8-13;1-10(2,3)7-5-4-6-8(9(7)12)11(13,14)15;1-10(2,3)8-5-4-6-9(7-8)11(12,13)14;1-8-6-5-7-9(10(8)12)11(2,3)4/h5-10,17H,11H2,1-4H3;5-7H,1-4H3;4-6,9,13H,7-8H2,1-3H3;4-6H,1-3H3;4-7H,1-3H3;5-7H,1-4H3. The molecule has 2 nitrogen and oxygen atoms in total. The number of halogens is 11. The van der Waals surface area contributed by atoms with Gasteiger partial charge < -0.3 is 10.4 Å². The van der Waals surface area contributed by atoms with Crippen LogP contribution in [0.2, 0.25) is 0 Å². The third-order valence-corrected chi connectivity index (χ3v) is 15.2. The minimum atomic E-state index is -4.63. The van der Waals surface area contributed by atoms with Gasteiger partial charge in [0.1, 0.15) is 11.6 Å². The van der Waals surface area contributed by atoms with Gasteiger partial charge in [0.15, 0.2) is 0 Å². The minimum absolute atomic E-state index is 0.0648. The molecule has 0 aliphatic heterocycles. The van der Waals surface area contributed by atoms with Gasteiger partial charge in [-0.15, -0.1) is 11.3 Å². The molecule has 0 saturated heterocycles. The summed E-state index contributed by atoms with van der Waals surface area (Å²) in [5.41, 5.74) is 5.79. The lowest BCUT2D eigenvalue weighted by atomic mass is 9.85. The summed E-state index contributed by atoms with van der Waals surface area (Å²) < 4.78 is 139. The minimum Gasteiger partial charge on any atom is -0.396 e. The van der Waals surface area contributed by atoms with Crippen LogP contribution in [0.25, 0.3) is 10.4 Å². The Morgan fingerprint density at radius 1 is 0.402 bits per heavy atom. The molecule has 1 heterocycles. The average molecular weight is 1240 g/mol. The zero-order valence-electron chi connectivity index (χ0n) is 54.9. The molecule has 0 radical (unpaired) electrons. The molecule has 87 heavy (non-hydrogen) atoms. The molecule has 7 rings (SSSR count). The first-order chi connectivity index (χ1) is 39.4. The first kappa shape index (κ1) is 77.3. The number of hydrogen-bond acceptors (Lipinski definition) is 3. The van der Waals surface area contributed by atoms with E-state index in [0.717, 1.165) is 41.8 Å². The molecule has 1 aromatic heterocycles. The Kier molecular flexibility index (Phi) is 27.6. The van der Waals surface area contributed by atoms with E-state index >= 15 is 0 Å². The molecule has 0 aliphatic rings. The zero-order valence-corrected chi connectivity index (χ0v) is 55.7. The van der Waals surface area contributed by atoms with E-state index in [4.69, 9.17) is 5.11 Å².